The minimum absolute atomic E-state index is 0.00873. The Balaban J connectivity index is 1.36. The number of ether oxygens (including phenoxy) is 3. The number of H-pyrrole nitrogens is 1. The molecule has 0 spiro atoms. The fourth-order valence-electron chi connectivity index (χ4n) is 6.76. The number of hydrogen-bond donors (Lipinski definition) is 8. The SMILES string of the molecule is COC12C(COC(N)=O)C3=C(C(=O)C(C)=C(N)C3=O)N1CC(N)C2Nc1nc2c(ncn2C2CC(O)C(COP(=O)(O)O)O2)c(=O)[nH]1. The lowest BCUT2D eigenvalue weighted by molar-refractivity contribution is -0.136. The van der Waals surface area contributed by atoms with Crippen molar-refractivity contribution in [3.63, 3.8) is 0 Å². The third kappa shape index (κ3) is 5.20. The number of aromatic nitrogens is 4. The summed E-state index contributed by atoms with van der Waals surface area (Å²) in [6.45, 7) is 0.313. The number of nitrogens with one attached hydrogen (secondary N) is 2. The van der Waals surface area contributed by atoms with Gasteiger partial charge in [-0.25, -0.2) is 14.3 Å². The molecule has 0 aromatic carbocycles. The number of anilines is 1. The second kappa shape index (κ2) is 11.5. The van der Waals surface area contributed by atoms with E-state index in [1.165, 1.54) is 29.8 Å². The molecule has 3 aliphatic heterocycles. The van der Waals surface area contributed by atoms with Gasteiger partial charge in [0.15, 0.2) is 16.9 Å². The van der Waals surface area contributed by atoms with Crippen LogP contribution in [0.15, 0.2) is 33.7 Å². The molecule has 5 heterocycles. The number of Topliss-reactive ketones (excluding diaryl/α,β-unsaturated/α-hetero) is 2. The number of methoxy groups -OCH3 is 1. The molecule has 7 atom stereocenters. The van der Waals surface area contributed by atoms with Crippen LogP contribution >= 0.6 is 7.82 Å². The summed E-state index contributed by atoms with van der Waals surface area (Å²) in [7, 11) is -3.51. The van der Waals surface area contributed by atoms with Crippen molar-refractivity contribution in [1.29, 1.82) is 0 Å². The minimum atomic E-state index is -4.83. The number of primary amides is 1. The van der Waals surface area contributed by atoms with Gasteiger partial charge in [0, 0.05) is 37.3 Å². The zero-order valence-electron chi connectivity index (χ0n) is 24.9. The number of nitrogens with zero attached hydrogens (tertiary/aromatic N) is 4. The maximum absolute atomic E-state index is 13.5. The van der Waals surface area contributed by atoms with Crippen molar-refractivity contribution in [3.05, 3.63) is 39.2 Å². The summed E-state index contributed by atoms with van der Waals surface area (Å²) >= 11 is 0. The summed E-state index contributed by atoms with van der Waals surface area (Å²) in [5.74, 6) is -2.43. The van der Waals surface area contributed by atoms with Gasteiger partial charge >= 0.3 is 13.9 Å². The topological polar surface area (TPSA) is 323 Å². The Morgan fingerprint density at radius 2 is 2.00 bits per heavy atom. The van der Waals surface area contributed by atoms with Gasteiger partial charge in [0.25, 0.3) is 5.56 Å². The summed E-state index contributed by atoms with van der Waals surface area (Å²) in [5.41, 5.74) is 15.1. The number of carbonyl (C=O) groups is 3. The molecule has 2 aromatic heterocycles. The number of nitrogens with two attached hydrogens (primary N) is 3. The molecule has 0 saturated carbocycles. The first-order valence-corrected chi connectivity index (χ1v) is 15.7. The van der Waals surface area contributed by atoms with Gasteiger partial charge in [-0.3, -0.25) is 28.5 Å². The van der Waals surface area contributed by atoms with E-state index in [1.54, 1.807) is 0 Å². The van der Waals surface area contributed by atoms with E-state index in [4.69, 9.17) is 41.2 Å². The van der Waals surface area contributed by atoms with E-state index < -0.39 is 86.4 Å². The molecule has 4 aliphatic rings. The molecular formula is C25H32N9O12P. The number of aliphatic hydroxyl groups is 1. The van der Waals surface area contributed by atoms with E-state index in [-0.39, 0.29) is 52.6 Å². The van der Waals surface area contributed by atoms with Gasteiger partial charge < -0.3 is 56.5 Å². The molecule has 1 amide bonds. The molecular weight excluding hydrogens is 649 g/mol. The van der Waals surface area contributed by atoms with Crippen molar-refractivity contribution in [2.75, 3.05) is 32.2 Å². The Bertz CT molecular complexity index is 1850. The molecule has 2 aromatic rings. The molecule has 11 N–H and O–H groups in total. The molecule has 2 fully saturated rings. The van der Waals surface area contributed by atoms with Crippen LogP contribution in [0, 0.1) is 5.92 Å². The summed E-state index contributed by atoms with van der Waals surface area (Å²) in [6, 6.07) is -1.84. The number of aromatic amines is 1. The van der Waals surface area contributed by atoms with Gasteiger partial charge in [0.05, 0.1) is 42.4 Å². The number of carbonyl (C=O) groups excluding carboxylic acids is 3. The summed E-state index contributed by atoms with van der Waals surface area (Å²) < 4.78 is 33.9. The van der Waals surface area contributed by atoms with E-state index in [1.807, 2.05) is 0 Å². The number of amides is 1. The monoisotopic (exact) mass is 681 g/mol. The number of phosphoric acid groups is 1. The van der Waals surface area contributed by atoms with Crippen molar-refractivity contribution < 1.29 is 52.6 Å². The third-order valence-electron chi connectivity index (χ3n) is 8.88. The predicted octanol–water partition coefficient (Wildman–Crippen LogP) is -2.99. The van der Waals surface area contributed by atoms with E-state index in [9.17, 15) is 28.8 Å². The van der Waals surface area contributed by atoms with Crippen LogP contribution < -0.4 is 28.1 Å². The van der Waals surface area contributed by atoms with Gasteiger partial charge in [-0.1, -0.05) is 0 Å². The van der Waals surface area contributed by atoms with Crippen LogP contribution in [0.4, 0.5) is 10.7 Å². The molecule has 1 aliphatic carbocycles. The second-order valence-electron chi connectivity index (χ2n) is 11.5. The predicted molar refractivity (Wildman–Crippen MR) is 155 cm³/mol. The van der Waals surface area contributed by atoms with Gasteiger partial charge in [-0.15, -0.1) is 0 Å². The molecule has 2 saturated heterocycles. The van der Waals surface area contributed by atoms with Crippen LogP contribution in [0.1, 0.15) is 19.6 Å². The largest absolute Gasteiger partial charge is 0.469 e. The van der Waals surface area contributed by atoms with Crippen LogP contribution in [-0.4, -0.2) is 114 Å². The van der Waals surface area contributed by atoms with E-state index in [0.29, 0.717) is 0 Å². The van der Waals surface area contributed by atoms with Crippen LogP contribution in [-0.2, 0) is 32.9 Å². The lowest BCUT2D eigenvalue weighted by atomic mass is 9.80. The van der Waals surface area contributed by atoms with Crippen LogP contribution in [0.5, 0.6) is 0 Å². The zero-order chi connectivity index (χ0) is 34.2. The quantitative estimate of drug-likeness (QED) is 0.0966. The Hall–Kier alpha value is -4.21. The summed E-state index contributed by atoms with van der Waals surface area (Å²) in [4.78, 5) is 82.5. The number of allylic oxidation sites excluding steroid dienone is 2. The number of hydrogen-bond acceptors (Lipinski definition) is 16. The lowest BCUT2D eigenvalue weighted by Gasteiger charge is -2.42. The molecule has 0 radical (unpaired) electrons. The van der Waals surface area contributed by atoms with Crippen LogP contribution in [0.2, 0.25) is 0 Å². The maximum atomic E-state index is 13.5. The fourth-order valence-corrected chi connectivity index (χ4v) is 7.11. The highest BCUT2D eigenvalue weighted by atomic mass is 31.2. The molecule has 0 bridgehead atoms. The highest BCUT2D eigenvalue weighted by Crippen LogP contribution is 2.52. The second-order valence-corrected chi connectivity index (χ2v) is 12.7. The van der Waals surface area contributed by atoms with Gasteiger partial charge in [-0.05, 0) is 6.92 Å². The minimum Gasteiger partial charge on any atom is -0.449 e. The molecule has 22 heteroatoms. The standard InChI is InChI=1S/C25H32N9O12P/c1-8-15(27)19(37)14-9(5-44-23(28)39)25(43-2)20(10(26)4-34(25)17(14)18(8)36)30-24-31-21-16(22(38)32-24)29-7-33(21)13-3-11(35)12(46-13)6-45-47(40,41)42/h7,9-13,20,35H,3-6,26-27H2,1-2H3,(H2,28,39)(H2,40,41,42)(H2,30,31,32,38). The number of aliphatic hydroxyl groups excluding tert-OH is 1. The van der Waals surface area contributed by atoms with Crippen molar-refractivity contribution in [3.8, 4) is 0 Å². The number of ketones is 2. The smallest absolute Gasteiger partial charge is 0.449 e. The number of rotatable bonds is 9. The normalized spacial score (nSPS) is 30.8. The number of fused-ring (bicyclic) bond motifs is 3. The zero-order valence-corrected chi connectivity index (χ0v) is 25.7. The summed E-state index contributed by atoms with van der Waals surface area (Å²) in [5, 5.41) is 13.5. The lowest BCUT2D eigenvalue weighted by Crippen LogP contribution is -2.60. The molecule has 7 unspecified atom stereocenters. The van der Waals surface area contributed by atoms with Crippen molar-refractivity contribution in [2.24, 2.45) is 23.1 Å². The third-order valence-corrected chi connectivity index (χ3v) is 9.36. The molecule has 21 nitrogen and oxygen atoms in total. The first-order chi connectivity index (χ1) is 22.1. The van der Waals surface area contributed by atoms with E-state index in [2.05, 4.69) is 24.8 Å². The number of phosphoric ester groups is 1. The van der Waals surface area contributed by atoms with Gasteiger partial charge in [-0.2, -0.15) is 4.98 Å². The van der Waals surface area contributed by atoms with Crippen molar-refractivity contribution in [1.82, 2.24) is 24.4 Å². The van der Waals surface area contributed by atoms with E-state index in [0.717, 1.165) is 0 Å². The van der Waals surface area contributed by atoms with Crippen molar-refractivity contribution >= 4 is 42.6 Å². The van der Waals surface area contributed by atoms with Crippen molar-refractivity contribution in [2.45, 2.75) is 49.6 Å². The first-order valence-electron chi connectivity index (χ1n) is 14.2. The Labute approximate surface area is 263 Å². The van der Waals surface area contributed by atoms with Crippen LogP contribution in [0.3, 0.4) is 0 Å². The summed E-state index contributed by atoms with van der Waals surface area (Å²) in [6.07, 6.45) is -3.17. The fraction of sp³-hybridized carbons (Fsp3) is 0.520. The average Bonchev–Trinajstić information content (AvgIpc) is 3.73. The first kappa shape index (κ1) is 32.7. The Morgan fingerprint density at radius 1 is 1.28 bits per heavy atom. The molecule has 47 heavy (non-hydrogen) atoms. The maximum Gasteiger partial charge on any atom is 0.469 e. The Kier molecular flexibility index (Phi) is 8.00. The average molecular weight is 682 g/mol. The van der Waals surface area contributed by atoms with Gasteiger partial charge in [0.2, 0.25) is 17.5 Å². The number of imidazole rings is 1. The highest BCUT2D eigenvalue weighted by molar-refractivity contribution is 7.46. The van der Waals surface area contributed by atoms with E-state index >= 15 is 0 Å². The molecule has 254 valence electrons. The highest BCUT2D eigenvalue weighted by Gasteiger charge is 2.67. The molecule has 6 rings (SSSR count). The van der Waals surface area contributed by atoms with Crippen LogP contribution in [0.25, 0.3) is 11.2 Å². The Morgan fingerprint density at radius 3 is 2.66 bits per heavy atom. The van der Waals surface area contributed by atoms with Gasteiger partial charge in [0.1, 0.15) is 18.9 Å².